The molecule has 2 atom stereocenters. The van der Waals surface area contributed by atoms with Gasteiger partial charge in [0.25, 0.3) is 5.91 Å². The summed E-state index contributed by atoms with van der Waals surface area (Å²) in [6, 6.07) is 9.24. The van der Waals surface area contributed by atoms with Crippen LogP contribution < -0.4 is 4.90 Å². The number of hydrogen-bond donors (Lipinski definition) is 0. The minimum atomic E-state index is -0.324. The molecule has 0 aliphatic carbocycles. The number of para-hydroxylation sites is 1. The third kappa shape index (κ3) is 1.37. The van der Waals surface area contributed by atoms with E-state index in [4.69, 9.17) is 0 Å². The third-order valence-corrected chi connectivity index (χ3v) is 3.57. The lowest BCUT2D eigenvalue weighted by molar-refractivity contribution is -0.132. The summed E-state index contributed by atoms with van der Waals surface area (Å²) < 4.78 is 0. The van der Waals surface area contributed by atoms with Gasteiger partial charge in [0.15, 0.2) is 0 Å². The maximum Gasteiger partial charge on any atom is 0.251 e. The Labute approximate surface area is 99.8 Å². The van der Waals surface area contributed by atoms with E-state index >= 15 is 0 Å². The van der Waals surface area contributed by atoms with Crippen molar-refractivity contribution >= 4 is 17.5 Å². The van der Waals surface area contributed by atoms with Crippen molar-refractivity contribution in [3.63, 3.8) is 0 Å². The van der Waals surface area contributed by atoms with Crippen LogP contribution in [0, 0.1) is 0 Å². The van der Waals surface area contributed by atoms with E-state index in [0.717, 1.165) is 12.1 Å². The Morgan fingerprint density at radius 3 is 2.59 bits per heavy atom. The average Bonchev–Trinajstić information content (AvgIpc) is 2.82. The van der Waals surface area contributed by atoms with Crippen LogP contribution in [0.2, 0.25) is 0 Å². The first-order valence-corrected chi connectivity index (χ1v) is 5.89. The first kappa shape index (κ1) is 10.3. The highest BCUT2D eigenvalue weighted by Crippen LogP contribution is 2.35. The summed E-state index contributed by atoms with van der Waals surface area (Å²) in [5, 5.41) is 0. The van der Waals surface area contributed by atoms with Crippen LogP contribution in [0.3, 0.4) is 0 Å². The van der Waals surface area contributed by atoms with Gasteiger partial charge >= 0.3 is 0 Å². The number of benzene rings is 1. The Hall–Kier alpha value is -1.84. The molecule has 2 aliphatic rings. The van der Waals surface area contributed by atoms with E-state index in [9.17, 15) is 9.59 Å². The zero-order valence-corrected chi connectivity index (χ0v) is 9.67. The summed E-state index contributed by atoms with van der Waals surface area (Å²) in [5.41, 5.74) is 0.881. The zero-order valence-electron chi connectivity index (χ0n) is 9.67. The Morgan fingerprint density at radius 1 is 1.18 bits per heavy atom. The molecule has 2 saturated heterocycles. The minimum absolute atomic E-state index is 0.0225. The highest BCUT2D eigenvalue weighted by Gasteiger charge is 2.49. The Morgan fingerprint density at radius 2 is 1.88 bits per heavy atom. The molecule has 0 saturated carbocycles. The average molecular weight is 230 g/mol. The molecule has 2 amide bonds. The monoisotopic (exact) mass is 230 g/mol. The predicted octanol–water partition coefficient (Wildman–Crippen LogP) is 1.37. The van der Waals surface area contributed by atoms with Gasteiger partial charge in [-0.3, -0.25) is 14.5 Å². The summed E-state index contributed by atoms with van der Waals surface area (Å²) in [6.07, 6.45) is 1.21. The topological polar surface area (TPSA) is 40.6 Å². The number of rotatable bonds is 1. The van der Waals surface area contributed by atoms with Crippen LogP contribution in [0.15, 0.2) is 30.3 Å². The lowest BCUT2D eigenvalue weighted by Crippen LogP contribution is -2.37. The lowest BCUT2D eigenvalue weighted by atomic mass is 10.2. The van der Waals surface area contributed by atoms with Crippen molar-refractivity contribution < 1.29 is 9.59 Å². The molecule has 2 unspecified atom stereocenters. The SMILES string of the molecule is CC1C(=O)N(c2ccccc2)C2CCC(=O)N12. The maximum atomic E-state index is 12.2. The van der Waals surface area contributed by atoms with Crippen LogP contribution >= 0.6 is 0 Å². The van der Waals surface area contributed by atoms with E-state index in [2.05, 4.69) is 0 Å². The molecule has 2 heterocycles. The van der Waals surface area contributed by atoms with Crippen LogP contribution in [0.4, 0.5) is 5.69 Å². The van der Waals surface area contributed by atoms with Crippen molar-refractivity contribution in [2.45, 2.75) is 32.0 Å². The Bertz CT molecular complexity index is 472. The maximum absolute atomic E-state index is 12.2. The fourth-order valence-electron chi connectivity index (χ4n) is 2.77. The summed E-state index contributed by atoms with van der Waals surface area (Å²) >= 11 is 0. The van der Waals surface area contributed by atoms with Gasteiger partial charge in [0.05, 0.1) is 0 Å². The van der Waals surface area contributed by atoms with Crippen molar-refractivity contribution in [1.82, 2.24) is 4.90 Å². The number of carbonyl (C=O) groups excluding carboxylic acids is 2. The molecule has 1 aromatic carbocycles. The second-order valence-electron chi connectivity index (χ2n) is 4.54. The van der Waals surface area contributed by atoms with Crippen molar-refractivity contribution in [2.24, 2.45) is 0 Å². The molecular weight excluding hydrogens is 216 g/mol. The molecule has 4 heteroatoms. The van der Waals surface area contributed by atoms with E-state index in [0.29, 0.717) is 6.42 Å². The fourth-order valence-corrected chi connectivity index (χ4v) is 2.77. The van der Waals surface area contributed by atoms with Gasteiger partial charge in [0, 0.05) is 12.1 Å². The number of anilines is 1. The molecule has 0 bridgehead atoms. The molecule has 1 aromatic rings. The molecule has 4 nitrogen and oxygen atoms in total. The van der Waals surface area contributed by atoms with Crippen LogP contribution in [0.5, 0.6) is 0 Å². The van der Waals surface area contributed by atoms with E-state index in [1.54, 1.807) is 9.80 Å². The van der Waals surface area contributed by atoms with Gasteiger partial charge in [-0.05, 0) is 25.5 Å². The molecule has 2 fully saturated rings. The van der Waals surface area contributed by atoms with Gasteiger partial charge in [-0.25, -0.2) is 0 Å². The van der Waals surface area contributed by atoms with E-state index < -0.39 is 0 Å². The zero-order chi connectivity index (χ0) is 12.0. The minimum Gasteiger partial charge on any atom is -0.310 e. The van der Waals surface area contributed by atoms with Gasteiger partial charge in [-0.2, -0.15) is 0 Å². The molecule has 0 radical (unpaired) electrons. The molecule has 88 valence electrons. The van der Waals surface area contributed by atoms with E-state index in [1.807, 2.05) is 37.3 Å². The largest absolute Gasteiger partial charge is 0.310 e. The van der Waals surface area contributed by atoms with Crippen molar-refractivity contribution in [3.05, 3.63) is 30.3 Å². The molecule has 0 aromatic heterocycles. The van der Waals surface area contributed by atoms with Crippen LogP contribution in [0.25, 0.3) is 0 Å². The van der Waals surface area contributed by atoms with Gasteiger partial charge in [0.2, 0.25) is 5.91 Å². The summed E-state index contributed by atoms with van der Waals surface area (Å²) in [5.74, 6) is 0.114. The van der Waals surface area contributed by atoms with Crippen LogP contribution in [-0.2, 0) is 9.59 Å². The van der Waals surface area contributed by atoms with Crippen molar-refractivity contribution in [3.8, 4) is 0 Å². The van der Waals surface area contributed by atoms with E-state index in [1.165, 1.54) is 0 Å². The smallest absolute Gasteiger partial charge is 0.251 e. The standard InChI is InChI=1S/C13H14N2O2/c1-9-13(17)15(10-5-3-2-4-6-10)11-7-8-12(16)14(9)11/h2-6,9,11H,7-8H2,1H3. The van der Waals surface area contributed by atoms with Crippen molar-refractivity contribution in [1.29, 1.82) is 0 Å². The first-order chi connectivity index (χ1) is 8.20. The first-order valence-electron chi connectivity index (χ1n) is 5.89. The number of carbonyl (C=O) groups is 2. The fraction of sp³-hybridized carbons (Fsp3) is 0.385. The third-order valence-electron chi connectivity index (χ3n) is 3.57. The number of fused-ring (bicyclic) bond motifs is 1. The van der Waals surface area contributed by atoms with Gasteiger partial charge < -0.3 is 4.90 Å². The van der Waals surface area contributed by atoms with Gasteiger partial charge in [0.1, 0.15) is 12.2 Å². The number of hydrogen-bond acceptors (Lipinski definition) is 2. The summed E-state index contributed by atoms with van der Waals surface area (Å²) in [6.45, 7) is 1.81. The molecule has 2 aliphatic heterocycles. The molecular formula is C13H14N2O2. The molecule has 0 spiro atoms. The molecule has 0 N–H and O–H groups in total. The molecule has 3 rings (SSSR count). The summed E-state index contributed by atoms with van der Waals surface area (Å²) in [4.78, 5) is 27.4. The molecule has 17 heavy (non-hydrogen) atoms. The number of nitrogens with zero attached hydrogens (tertiary/aromatic N) is 2. The Kier molecular flexibility index (Phi) is 2.18. The second kappa shape index (κ2) is 3.58. The Balaban J connectivity index is 2.01. The summed E-state index contributed by atoms with van der Waals surface area (Å²) in [7, 11) is 0. The lowest BCUT2D eigenvalue weighted by Gasteiger charge is -2.24. The predicted molar refractivity (Wildman–Crippen MR) is 63.3 cm³/mol. The van der Waals surface area contributed by atoms with Gasteiger partial charge in [-0.15, -0.1) is 0 Å². The highest BCUT2D eigenvalue weighted by atomic mass is 16.2. The van der Waals surface area contributed by atoms with Crippen LogP contribution in [-0.4, -0.2) is 28.9 Å². The van der Waals surface area contributed by atoms with Crippen molar-refractivity contribution in [2.75, 3.05) is 4.90 Å². The number of amides is 2. The highest BCUT2D eigenvalue weighted by molar-refractivity contribution is 6.04. The van der Waals surface area contributed by atoms with Gasteiger partial charge in [-0.1, -0.05) is 18.2 Å². The second-order valence-corrected chi connectivity index (χ2v) is 4.54. The van der Waals surface area contributed by atoms with Crippen LogP contribution in [0.1, 0.15) is 19.8 Å². The normalized spacial score (nSPS) is 27.8. The van der Waals surface area contributed by atoms with E-state index in [-0.39, 0.29) is 24.0 Å². The quantitative estimate of drug-likeness (QED) is 0.731.